The van der Waals surface area contributed by atoms with Gasteiger partial charge in [-0.3, -0.25) is 19.5 Å². The second kappa shape index (κ2) is 7.48. The van der Waals surface area contributed by atoms with Crippen LogP contribution in [0.4, 0.5) is 0 Å². The summed E-state index contributed by atoms with van der Waals surface area (Å²) in [4.78, 5) is 41.3. The van der Waals surface area contributed by atoms with Crippen LogP contribution < -0.4 is 16.6 Å². The minimum Gasteiger partial charge on any atom is -0.350 e. The summed E-state index contributed by atoms with van der Waals surface area (Å²) in [5.41, 5.74) is 1.27. The highest BCUT2D eigenvalue weighted by Gasteiger charge is 2.23. The summed E-state index contributed by atoms with van der Waals surface area (Å²) in [7, 11) is 0. The van der Waals surface area contributed by atoms with Gasteiger partial charge in [0.2, 0.25) is 0 Å². The zero-order valence-electron chi connectivity index (χ0n) is 14.2. The largest absolute Gasteiger partial charge is 0.350 e. The highest BCUT2D eigenvalue weighted by atomic mass is 16.2. The average molecular weight is 342 g/mol. The lowest BCUT2D eigenvalue weighted by molar-refractivity contribution is 0.0941. The van der Waals surface area contributed by atoms with Crippen molar-refractivity contribution in [2.45, 2.75) is 19.9 Å². The number of H-pyrrole nitrogens is 2. The molecule has 7 heteroatoms. The Kier molecular flexibility index (Phi) is 5.14. The fourth-order valence-corrected chi connectivity index (χ4v) is 3.10. The maximum absolute atomic E-state index is 12.1. The van der Waals surface area contributed by atoms with Crippen molar-refractivity contribution in [2.75, 3.05) is 19.6 Å². The lowest BCUT2D eigenvalue weighted by Gasteiger charge is -2.16. The van der Waals surface area contributed by atoms with Gasteiger partial charge in [-0.1, -0.05) is 29.8 Å². The number of aryl methyl sites for hydroxylation is 1. The smallest absolute Gasteiger partial charge is 0.326 e. The Morgan fingerprint density at radius 3 is 2.72 bits per heavy atom. The number of aromatic amines is 2. The third-order valence-corrected chi connectivity index (χ3v) is 4.45. The molecule has 1 fully saturated rings. The van der Waals surface area contributed by atoms with E-state index in [4.69, 9.17) is 0 Å². The molecule has 2 heterocycles. The molecule has 2 aromatic rings. The van der Waals surface area contributed by atoms with Crippen LogP contribution in [0.25, 0.3) is 0 Å². The van der Waals surface area contributed by atoms with Crippen molar-refractivity contribution >= 4 is 5.91 Å². The Hall–Kier alpha value is -2.67. The summed E-state index contributed by atoms with van der Waals surface area (Å²) in [6, 6.07) is 9.62. The molecule has 25 heavy (non-hydrogen) atoms. The van der Waals surface area contributed by atoms with Gasteiger partial charge in [0, 0.05) is 25.7 Å². The minimum absolute atomic E-state index is 0.0109. The minimum atomic E-state index is -0.678. The van der Waals surface area contributed by atoms with Gasteiger partial charge in [-0.15, -0.1) is 0 Å². The Labute approximate surface area is 145 Å². The Balaban J connectivity index is 1.49. The van der Waals surface area contributed by atoms with Crippen LogP contribution in [0.15, 0.2) is 39.9 Å². The molecule has 3 N–H and O–H groups in total. The number of nitrogens with zero attached hydrogens (tertiary/aromatic N) is 1. The molecule has 1 saturated heterocycles. The molecule has 1 amide bonds. The van der Waals surface area contributed by atoms with E-state index in [1.165, 1.54) is 11.1 Å². The molecule has 0 radical (unpaired) electrons. The Morgan fingerprint density at radius 1 is 1.24 bits per heavy atom. The monoisotopic (exact) mass is 342 g/mol. The summed E-state index contributed by atoms with van der Waals surface area (Å²) in [6.45, 7) is 5.42. The fraction of sp³-hybridized carbons (Fsp3) is 0.389. The van der Waals surface area contributed by atoms with Crippen molar-refractivity contribution in [3.63, 3.8) is 0 Å². The van der Waals surface area contributed by atoms with Crippen LogP contribution >= 0.6 is 0 Å². The highest BCUT2D eigenvalue weighted by molar-refractivity contribution is 5.91. The summed E-state index contributed by atoms with van der Waals surface area (Å²) in [5, 5.41) is 2.80. The molecule has 132 valence electrons. The first-order valence-corrected chi connectivity index (χ1v) is 8.39. The van der Waals surface area contributed by atoms with Gasteiger partial charge in [-0.05, 0) is 31.4 Å². The van der Waals surface area contributed by atoms with E-state index in [-0.39, 0.29) is 5.69 Å². The predicted molar refractivity (Wildman–Crippen MR) is 94.6 cm³/mol. The van der Waals surface area contributed by atoms with Gasteiger partial charge in [0.1, 0.15) is 5.69 Å². The molecule has 0 aliphatic carbocycles. The molecule has 3 rings (SSSR count). The van der Waals surface area contributed by atoms with Crippen molar-refractivity contribution in [3.8, 4) is 0 Å². The van der Waals surface area contributed by atoms with Gasteiger partial charge in [-0.2, -0.15) is 0 Å². The van der Waals surface area contributed by atoms with Crippen molar-refractivity contribution in [2.24, 2.45) is 5.92 Å². The third-order valence-electron chi connectivity index (χ3n) is 4.45. The van der Waals surface area contributed by atoms with E-state index < -0.39 is 17.2 Å². The van der Waals surface area contributed by atoms with Crippen molar-refractivity contribution in [3.05, 3.63) is 68.0 Å². The van der Waals surface area contributed by atoms with Gasteiger partial charge in [0.25, 0.3) is 11.5 Å². The van der Waals surface area contributed by atoms with Crippen molar-refractivity contribution in [1.82, 2.24) is 20.2 Å². The van der Waals surface area contributed by atoms with E-state index in [1.54, 1.807) is 0 Å². The number of nitrogens with one attached hydrogen (secondary N) is 3. The lowest BCUT2D eigenvalue weighted by atomic mass is 10.1. The van der Waals surface area contributed by atoms with Crippen molar-refractivity contribution in [1.29, 1.82) is 0 Å². The molecule has 0 spiro atoms. The molecule has 0 unspecified atom stereocenters. The predicted octanol–water partition coefficient (Wildman–Crippen LogP) is 0.624. The number of carbonyl (C=O) groups is 1. The molecule has 1 atom stereocenters. The van der Waals surface area contributed by atoms with Gasteiger partial charge in [0.05, 0.1) is 0 Å². The summed E-state index contributed by atoms with van der Waals surface area (Å²) in [6.07, 6.45) is 1.01. The Morgan fingerprint density at radius 2 is 2.00 bits per heavy atom. The number of carbonyl (C=O) groups excluding carboxylic acids is 1. The summed E-state index contributed by atoms with van der Waals surface area (Å²) < 4.78 is 0. The number of hydrogen-bond donors (Lipinski definition) is 3. The Bertz CT molecular complexity index is 825. The number of rotatable bonds is 5. The second-order valence-corrected chi connectivity index (χ2v) is 6.59. The molecule has 1 aliphatic heterocycles. The summed E-state index contributed by atoms with van der Waals surface area (Å²) >= 11 is 0. The normalized spacial score (nSPS) is 17.6. The zero-order chi connectivity index (χ0) is 17.8. The zero-order valence-corrected chi connectivity index (χ0v) is 14.2. The second-order valence-electron chi connectivity index (χ2n) is 6.59. The van der Waals surface area contributed by atoms with Gasteiger partial charge < -0.3 is 10.3 Å². The molecular weight excluding hydrogens is 320 g/mol. The first-order chi connectivity index (χ1) is 12.0. The van der Waals surface area contributed by atoms with Crippen LogP contribution in [0.3, 0.4) is 0 Å². The van der Waals surface area contributed by atoms with Gasteiger partial charge in [0.15, 0.2) is 0 Å². The number of benzene rings is 1. The molecule has 1 aliphatic rings. The quantitative estimate of drug-likeness (QED) is 0.742. The highest BCUT2D eigenvalue weighted by Crippen LogP contribution is 2.18. The third kappa shape index (κ3) is 4.67. The molecular formula is C18H22N4O3. The number of likely N-dealkylation sites (tertiary alicyclic amines) is 1. The maximum atomic E-state index is 12.1. The van der Waals surface area contributed by atoms with E-state index in [0.29, 0.717) is 12.5 Å². The van der Waals surface area contributed by atoms with E-state index in [0.717, 1.165) is 32.1 Å². The van der Waals surface area contributed by atoms with Crippen LogP contribution in [0, 0.1) is 12.8 Å². The number of hydrogen-bond acceptors (Lipinski definition) is 4. The van der Waals surface area contributed by atoms with Crippen LogP contribution in [0.1, 0.15) is 28.0 Å². The molecule has 0 bridgehead atoms. The first kappa shape index (κ1) is 17.2. The molecule has 0 saturated carbocycles. The first-order valence-electron chi connectivity index (χ1n) is 8.39. The topological polar surface area (TPSA) is 98.1 Å². The SMILES string of the molecule is Cc1ccc(CN2CC[C@@H](CNC(=O)c3cc(=O)[nH]c(=O)[nH]3)C2)cc1. The molecule has 1 aromatic heterocycles. The van der Waals surface area contributed by atoms with Crippen LogP contribution in [0.2, 0.25) is 0 Å². The van der Waals surface area contributed by atoms with Crippen LogP contribution in [0.5, 0.6) is 0 Å². The van der Waals surface area contributed by atoms with E-state index in [1.807, 2.05) is 4.98 Å². The maximum Gasteiger partial charge on any atom is 0.326 e. The lowest BCUT2D eigenvalue weighted by Crippen LogP contribution is -2.34. The van der Waals surface area contributed by atoms with Crippen molar-refractivity contribution < 1.29 is 4.79 Å². The average Bonchev–Trinajstić information content (AvgIpc) is 3.01. The summed E-state index contributed by atoms with van der Waals surface area (Å²) in [5.74, 6) is -0.0664. The van der Waals surface area contributed by atoms with Gasteiger partial charge in [-0.25, -0.2) is 4.79 Å². The number of aromatic nitrogens is 2. The standard InChI is InChI=1S/C18H22N4O3/c1-12-2-4-13(5-3-12)10-22-7-6-14(11-22)9-19-17(24)15-8-16(23)21-18(25)20-15/h2-5,8,14H,6-7,9-11H2,1H3,(H,19,24)(H2,20,21,23,25)/t14-/m0/s1. The van der Waals surface area contributed by atoms with Crippen LogP contribution in [-0.2, 0) is 6.54 Å². The molecule has 1 aromatic carbocycles. The molecule has 7 nitrogen and oxygen atoms in total. The van der Waals surface area contributed by atoms with E-state index in [2.05, 4.69) is 46.4 Å². The van der Waals surface area contributed by atoms with Crippen LogP contribution in [-0.4, -0.2) is 40.4 Å². The van der Waals surface area contributed by atoms with E-state index >= 15 is 0 Å². The van der Waals surface area contributed by atoms with Gasteiger partial charge >= 0.3 is 5.69 Å². The van der Waals surface area contributed by atoms with E-state index in [9.17, 15) is 14.4 Å². The number of amides is 1. The fourth-order valence-electron chi connectivity index (χ4n) is 3.10.